The van der Waals surface area contributed by atoms with Crippen LogP contribution in [0.4, 0.5) is 15.8 Å². The molecule has 0 spiro atoms. The standard InChI is InChI=1S/C31H19Cl2FN4O5S/c1-16-27(29(39)36-19-5-3-2-4-6-19)28(17-7-9-18(34)10-8-17)37-30(40)26(44-31(37)35-16)13-20-11-12-25(43-20)21-14-23(33)24(38(41)42)15-22(21)32/h2-15,28H,1H3,(H,36,39)/b26-13+. The third-order valence-corrected chi connectivity index (χ3v) is 8.48. The SMILES string of the molecule is CC1=C(C(=O)Nc2ccccc2)C(c2ccc(F)cc2)n2c(s/c(=C/c3ccc(-c4cc(Cl)c([N+](=O)[O-])cc4Cl)o3)c2=O)=N1. The number of carbonyl (C=O) groups excluding carboxylic acids is 1. The normalized spacial score (nSPS) is 14.7. The van der Waals surface area contributed by atoms with Gasteiger partial charge < -0.3 is 9.73 Å². The maximum absolute atomic E-state index is 13.9. The van der Waals surface area contributed by atoms with Gasteiger partial charge in [0.2, 0.25) is 0 Å². The molecule has 0 saturated carbocycles. The summed E-state index contributed by atoms with van der Waals surface area (Å²) in [5.41, 5.74) is 1.30. The van der Waals surface area contributed by atoms with E-state index in [9.17, 15) is 24.1 Å². The molecule has 3 heterocycles. The van der Waals surface area contributed by atoms with Gasteiger partial charge in [0, 0.05) is 23.4 Å². The summed E-state index contributed by atoms with van der Waals surface area (Å²) >= 11 is 13.4. The van der Waals surface area contributed by atoms with E-state index in [4.69, 9.17) is 27.6 Å². The van der Waals surface area contributed by atoms with Crippen molar-refractivity contribution in [1.29, 1.82) is 0 Å². The number of nitrogens with zero attached hydrogens (tertiary/aromatic N) is 3. The summed E-state index contributed by atoms with van der Waals surface area (Å²) in [5, 5.41) is 14.0. The molecule has 1 unspecified atom stereocenters. The second-order valence-electron chi connectivity index (χ2n) is 9.70. The van der Waals surface area contributed by atoms with Crippen LogP contribution in [0, 0.1) is 15.9 Å². The predicted molar refractivity (Wildman–Crippen MR) is 166 cm³/mol. The van der Waals surface area contributed by atoms with Crippen LogP contribution in [-0.4, -0.2) is 15.4 Å². The second-order valence-corrected chi connectivity index (χ2v) is 11.5. The van der Waals surface area contributed by atoms with E-state index in [1.54, 1.807) is 43.3 Å². The van der Waals surface area contributed by atoms with Gasteiger partial charge in [-0.05, 0) is 55.0 Å². The molecule has 1 aliphatic heterocycles. The summed E-state index contributed by atoms with van der Waals surface area (Å²) in [4.78, 5) is 43.0. The topological polar surface area (TPSA) is 120 Å². The zero-order valence-corrected chi connectivity index (χ0v) is 24.9. The van der Waals surface area contributed by atoms with E-state index in [2.05, 4.69) is 10.3 Å². The van der Waals surface area contributed by atoms with E-state index in [0.29, 0.717) is 33.1 Å². The average Bonchev–Trinajstić information content (AvgIpc) is 3.58. The Kier molecular flexibility index (Phi) is 7.76. The molecule has 3 aromatic carbocycles. The minimum Gasteiger partial charge on any atom is -0.457 e. The molecule has 1 amide bonds. The first-order valence-electron chi connectivity index (χ1n) is 13.0. The predicted octanol–water partition coefficient (Wildman–Crippen LogP) is 6.49. The first-order chi connectivity index (χ1) is 21.1. The number of thiazole rings is 1. The Bertz CT molecular complexity index is 2170. The number of allylic oxidation sites excluding steroid dienone is 1. The van der Waals surface area contributed by atoms with Crippen molar-refractivity contribution in [3.8, 4) is 11.3 Å². The highest BCUT2D eigenvalue weighted by Crippen LogP contribution is 2.37. The number of nitro groups is 1. The molecule has 0 aliphatic carbocycles. The molecule has 1 N–H and O–H groups in total. The highest BCUT2D eigenvalue weighted by atomic mass is 35.5. The number of para-hydroxylation sites is 1. The molecule has 0 bridgehead atoms. The summed E-state index contributed by atoms with van der Waals surface area (Å²) < 4.78 is 21.5. The Hall–Kier alpha value is -4.84. The quantitative estimate of drug-likeness (QED) is 0.167. The van der Waals surface area contributed by atoms with Crippen LogP contribution in [0.2, 0.25) is 10.0 Å². The maximum Gasteiger partial charge on any atom is 0.289 e. The molecular formula is C31H19Cl2FN4O5S. The largest absolute Gasteiger partial charge is 0.457 e. The third-order valence-electron chi connectivity index (χ3n) is 6.88. The third kappa shape index (κ3) is 5.48. The fourth-order valence-corrected chi connectivity index (χ4v) is 6.37. The summed E-state index contributed by atoms with van der Waals surface area (Å²) in [5.74, 6) is -0.326. The minimum absolute atomic E-state index is 0.0671. The first-order valence-corrected chi connectivity index (χ1v) is 14.6. The summed E-state index contributed by atoms with van der Waals surface area (Å²) in [6.07, 6.45) is 1.53. The van der Waals surface area contributed by atoms with Gasteiger partial charge >= 0.3 is 0 Å². The van der Waals surface area contributed by atoms with E-state index >= 15 is 0 Å². The van der Waals surface area contributed by atoms with E-state index in [1.165, 1.54) is 41.0 Å². The van der Waals surface area contributed by atoms with Crippen LogP contribution in [0.15, 0.2) is 104 Å². The molecule has 1 aliphatic rings. The zero-order valence-electron chi connectivity index (χ0n) is 22.6. The number of halogens is 3. The number of rotatable bonds is 6. The van der Waals surface area contributed by atoms with Gasteiger partial charge in [-0.25, -0.2) is 9.38 Å². The van der Waals surface area contributed by atoms with Crippen LogP contribution >= 0.6 is 34.5 Å². The minimum atomic E-state index is -0.883. The van der Waals surface area contributed by atoms with Crippen molar-refractivity contribution in [2.75, 3.05) is 5.32 Å². The molecule has 44 heavy (non-hydrogen) atoms. The lowest BCUT2D eigenvalue weighted by Crippen LogP contribution is -2.40. The van der Waals surface area contributed by atoms with E-state index in [1.807, 2.05) is 6.07 Å². The summed E-state index contributed by atoms with van der Waals surface area (Å²) in [7, 11) is 0. The lowest BCUT2D eigenvalue weighted by molar-refractivity contribution is -0.384. The number of carbonyl (C=O) groups is 1. The molecule has 0 fully saturated rings. The average molecular weight is 649 g/mol. The van der Waals surface area contributed by atoms with Gasteiger partial charge in [0.15, 0.2) is 4.80 Å². The van der Waals surface area contributed by atoms with E-state index < -0.39 is 28.2 Å². The van der Waals surface area contributed by atoms with Crippen LogP contribution in [0.3, 0.4) is 0 Å². The lowest BCUT2D eigenvalue weighted by atomic mass is 9.95. The lowest BCUT2D eigenvalue weighted by Gasteiger charge is -2.25. The Labute approximate surface area is 262 Å². The molecule has 1 atom stereocenters. The molecule has 0 saturated heterocycles. The smallest absolute Gasteiger partial charge is 0.289 e. The molecule has 13 heteroatoms. The monoisotopic (exact) mass is 648 g/mol. The second kappa shape index (κ2) is 11.7. The number of furan rings is 1. The number of amides is 1. The highest BCUT2D eigenvalue weighted by molar-refractivity contribution is 7.07. The van der Waals surface area contributed by atoms with Crippen molar-refractivity contribution in [3.63, 3.8) is 0 Å². The molecule has 5 aromatic rings. The van der Waals surface area contributed by atoms with Gasteiger partial charge in [-0.15, -0.1) is 0 Å². The zero-order chi connectivity index (χ0) is 31.1. The number of hydrogen-bond donors (Lipinski definition) is 1. The molecule has 6 rings (SSSR count). The Morgan fingerprint density at radius 3 is 2.52 bits per heavy atom. The number of anilines is 1. The number of nitro benzene ring substituents is 1. The van der Waals surface area contributed by atoms with Crippen molar-refractivity contribution in [1.82, 2.24) is 4.57 Å². The van der Waals surface area contributed by atoms with Crippen LogP contribution in [-0.2, 0) is 4.79 Å². The van der Waals surface area contributed by atoms with Gasteiger partial charge in [0.05, 0.1) is 31.8 Å². The van der Waals surface area contributed by atoms with Crippen LogP contribution in [0.1, 0.15) is 24.3 Å². The maximum atomic E-state index is 13.9. The van der Waals surface area contributed by atoms with Crippen molar-refractivity contribution in [3.05, 3.63) is 147 Å². The van der Waals surface area contributed by atoms with Gasteiger partial charge in [-0.2, -0.15) is 0 Å². The molecule has 220 valence electrons. The van der Waals surface area contributed by atoms with Gasteiger partial charge in [0.1, 0.15) is 22.4 Å². The number of benzene rings is 3. The van der Waals surface area contributed by atoms with Crippen molar-refractivity contribution >= 4 is 57.9 Å². The Morgan fingerprint density at radius 1 is 1.09 bits per heavy atom. The molecule has 2 aromatic heterocycles. The molecule has 9 nitrogen and oxygen atoms in total. The van der Waals surface area contributed by atoms with Crippen molar-refractivity contribution in [2.45, 2.75) is 13.0 Å². The number of hydrogen-bond acceptors (Lipinski definition) is 7. The highest BCUT2D eigenvalue weighted by Gasteiger charge is 2.32. The Morgan fingerprint density at radius 2 is 1.82 bits per heavy atom. The first kappa shape index (κ1) is 29.2. The fraction of sp³-hybridized carbons (Fsp3) is 0.0645. The number of aromatic nitrogens is 1. The molecular weight excluding hydrogens is 630 g/mol. The van der Waals surface area contributed by atoms with Gasteiger partial charge in [-0.3, -0.25) is 24.3 Å². The summed E-state index contributed by atoms with van der Waals surface area (Å²) in [6, 6.07) is 19.3. The van der Waals surface area contributed by atoms with Gasteiger partial charge in [0.25, 0.3) is 17.2 Å². The Balaban J connectivity index is 1.43. The van der Waals surface area contributed by atoms with Crippen LogP contribution in [0.5, 0.6) is 0 Å². The van der Waals surface area contributed by atoms with Crippen LogP contribution in [0.25, 0.3) is 17.4 Å². The van der Waals surface area contributed by atoms with E-state index in [0.717, 1.165) is 17.4 Å². The fourth-order valence-electron chi connectivity index (χ4n) is 4.86. The summed E-state index contributed by atoms with van der Waals surface area (Å²) in [6.45, 7) is 1.69. The van der Waals surface area contributed by atoms with Crippen LogP contribution < -0.4 is 20.2 Å². The van der Waals surface area contributed by atoms with Crippen molar-refractivity contribution in [2.24, 2.45) is 4.99 Å². The van der Waals surface area contributed by atoms with E-state index in [-0.39, 0.29) is 31.6 Å². The number of fused-ring (bicyclic) bond motifs is 1. The number of nitrogens with one attached hydrogen (secondary N) is 1. The van der Waals surface area contributed by atoms with Crippen molar-refractivity contribution < 1.29 is 18.5 Å². The molecule has 0 radical (unpaired) electrons. The van der Waals surface area contributed by atoms with Gasteiger partial charge in [-0.1, -0.05) is 64.9 Å².